The molecule has 0 saturated heterocycles. The molecule has 0 radical (unpaired) electrons. The minimum absolute atomic E-state index is 0.233. The van der Waals surface area contributed by atoms with Gasteiger partial charge in [0.15, 0.2) is 0 Å². The van der Waals surface area contributed by atoms with Gasteiger partial charge in [0, 0.05) is 5.69 Å². The first-order valence-corrected chi connectivity index (χ1v) is 6.84. The van der Waals surface area contributed by atoms with Crippen LogP contribution in [0.1, 0.15) is 54.5 Å². The van der Waals surface area contributed by atoms with E-state index in [1.807, 2.05) is 19.9 Å². The van der Waals surface area contributed by atoms with Crippen LogP contribution in [0.5, 0.6) is 0 Å². The van der Waals surface area contributed by atoms with E-state index in [2.05, 4.69) is 11.9 Å². The molecule has 1 aliphatic rings. The first kappa shape index (κ1) is 13.1. The fraction of sp³-hybridized carbons (Fsp3) is 0.600. The van der Waals surface area contributed by atoms with Crippen LogP contribution in [0, 0.1) is 5.92 Å². The van der Waals surface area contributed by atoms with Gasteiger partial charge in [-0.3, -0.25) is 4.98 Å². The van der Waals surface area contributed by atoms with Gasteiger partial charge in [-0.1, -0.05) is 13.8 Å². The Bertz CT molecular complexity index is 454. The average molecular weight is 247 g/mol. The fourth-order valence-corrected chi connectivity index (χ4v) is 2.54. The Kier molecular flexibility index (Phi) is 4.00. The second-order valence-electron chi connectivity index (χ2n) is 5.01. The van der Waals surface area contributed by atoms with Crippen molar-refractivity contribution in [2.45, 2.75) is 46.5 Å². The van der Waals surface area contributed by atoms with E-state index >= 15 is 0 Å². The Balaban J connectivity index is 2.39. The molecule has 98 valence electrons. The summed E-state index contributed by atoms with van der Waals surface area (Å²) in [6, 6.07) is 2.01. The van der Waals surface area contributed by atoms with Crippen LogP contribution in [0.25, 0.3) is 0 Å². The summed E-state index contributed by atoms with van der Waals surface area (Å²) in [6.07, 6.45) is 4.03. The number of pyridine rings is 1. The number of esters is 1. The molecule has 3 nitrogen and oxygen atoms in total. The van der Waals surface area contributed by atoms with Crippen molar-refractivity contribution in [2.24, 2.45) is 5.92 Å². The minimum atomic E-state index is -0.233. The Morgan fingerprint density at radius 2 is 2.28 bits per heavy atom. The number of nitrogens with zero attached hydrogens (tertiary/aromatic N) is 1. The second kappa shape index (κ2) is 5.51. The lowest BCUT2D eigenvalue weighted by Crippen LogP contribution is -2.17. The quantitative estimate of drug-likeness (QED) is 0.771. The number of aryl methyl sites for hydroxylation is 2. The van der Waals surface area contributed by atoms with Gasteiger partial charge in [0.25, 0.3) is 0 Å². The number of carbonyl (C=O) groups excluding carboxylic acids is 1. The van der Waals surface area contributed by atoms with Crippen LogP contribution < -0.4 is 0 Å². The number of rotatable bonds is 3. The number of hydrogen-bond acceptors (Lipinski definition) is 3. The Labute approximate surface area is 109 Å². The molecule has 0 bridgehead atoms. The average Bonchev–Trinajstić information content (AvgIpc) is 2.37. The smallest absolute Gasteiger partial charge is 0.339 e. The largest absolute Gasteiger partial charge is 0.462 e. The third kappa shape index (κ3) is 2.55. The van der Waals surface area contributed by atoms with E-state index in [9.17, 15) is 4.79 Å². The van der Waals surface area contributed by atoms with Crippen LogP contribution in [0.15, 0.2) is 6.07 Å². The minimum Gasteiger partial charge on any atom is -0.462 e. The number of aromatic nitrogens is 1. The Morgan fingerprint density at radius 1 is 1.50 bits per heavy atom. The molecular formula is C15H21NO2. The summed E-state index contributed by atoms with van der Waals surface area (Å²) in [5, 5.41) is 0. The molecule has 3 heteroatoms. The zero-order valence-corrected chi connectivity index (χ0v) is 11.5. The summed E-state index contributed by atoms with van der Waals surface area (Å²) < 4.78 is 5.11. The molecule has 0 aliphatic heterocycles. The molecule has 0 saturated carbocycles. The summed E-state index contributed by atoms with van der Waals surface area (Å²) in [6.45, 7) is 6.52. The highest BCUT2D eigenvalue weighted by atomic mass is 16.5. The molecule has 1 heterocycles. The monoisotopic (exact) mass is 247 g/mol. The zero-order chi connectivity index (χ0) is 13.1. The molecule has 18 heavy (non-hydrogen) atoms. The normalized spacial score (nSPS) is 18.3. The number of ether oxygens (including phenoxy) is 1. The first-order valence-electron chi connectivity index (χ1n) is 6.84. The van der Waals surface area contributed by atoms with Crippen LogP contribution in [0.4, 0.5) is 0 Å². The van der Waals surface area contributed by atoms with Crippen molar-refractivity contribution < 1.29 is 9.53 Å². The van der Waals surface area contributed by atoms with Gasteiger partial charge in [0.1, 0.15) is 0 Å². The summed E-state index contributed by atoms with van der Waals surface area (Å²) in [5.74, 6) is 0.449. The van der Waals surface area contributed by atoms with Crippen molar-refractivity contribution in [1.82, 2.24) is 4.98 Å². The number of fused-ring (bicyclic) bond motifs is 1. The summed E-state index contributed by atoms with van der Waals surface area (Å²) in [4.78, 5) is 16.6. The summed E-state index contributed by atoms with van der Waals surface area (Å²) >= 11 is 0. The maximum atomic E-state index is 11.9. The van der Waals surface area contributed by atoms with Crippen LogP contribution in [0.2, 0.25) is 0 Å². The van der Waals surface area contributed by atoms with E-state index < -0.39 is 0 Å². The van der Waals surface area contributed by atoms with E-state index in [-0.39, 0.29) is 5.97 Å². The molecule has 2 rings (SSSR count). The molecular weight excluding hydrogens is 226 g/mol. The zero-order valence-electron chi connectivity index (χ0n) is 11.5. The predicted octanol–water partition coefficient (Wildman–Crippen LogP) is 2.95. The van der Waals surface area contributed by atoms with Crippen molar-refractivity contribution in [3.05, 3.63) is 28.6 Å². The summed E-state index contributed by atoms with van der Waals surface area (Å²) in [7, 11) is 0. The predicted molar refractivity (Wildman–Crippen MR) is 70.8 cm³/mol. The van der Waals surface area contributed by atoms with Gasteiger partial charge in [0.2, 0.25) is 0 Å². The van der Waals surface area contributed by atoms with E-state index in [0.717, 1.165) is 25.0 Å². The molecule has 0 aromatic carbocycles. The van der Waals surface area contributed by atoms with Crippen molar-refractivity contribution in [3.63, 3.8) is 0 Å². The third-order valence-corrected chi connectivity index (χ3v) is 3.54. The molecule has 0 spiro atoms. The molecule has 1 aliphatic carbocycles. The number of carbonyl (C=O) groups is 1. The standard InChI is InChI=1S/C15H21NO2/c1-4-13-12(15(17)18-5-2)9-11-8-10(3)6-7-14(11)16-13/h9-10H,4-8H2,1-3H3. The van der Waals surface area contributed by atoms with Crippen molar-refractivity contribution in [1.29, 1.82) is 0 Å². The molecule has 1 atom stereocenters. The molecule has 0 amide bonds. The molecule has 1 aromatic heterocycles. The van der Waals surface area contributed by atoms with Crippen LogP contribution in [-0.2, 0) is 24.0 Å². The van der Waals surface area contributed by atoms with Gasteiger partial charge in [-0.05, 0) is 50.2 Å². The Morgan fingerprint density at radius 3 is 2.94 bits per heavy atom. The summed E-state index contributed by atoms with van der Waals surface area (Å²) in [5.41, 5.74) is 3.95. The van der Waals surface area contributed by atoms with Crippen LogP contribution >= 0.6 is 0 Å². The van der Waals surface area contributed by atoms with Crippen molar-refractivity contribution in [2.75, 3.05) is 6.61 Å². The van der Waals surface area contributed by atoms with Gasteiger partial charge in [-0.2, -0.15) is 0 Å². The maximum absolute atomic E-state index is 11.9. The first-order chi connectivity index (χ1) is 8.65. The van der Waals surface area contributed by atoms with E-state index in [1.54, 1.807) is 0 Å². The van der Waals surface area contributed by atoms with Crippen LogP contribution in [-0.4, -0.2) is 17.6 Å². The second-order valence-corrected chi connectivity index (χ2v) is 5.01. The van der Waals surface area contributed by atoms with Gasteiger partial charge in [-0.25, -0.2) is 4.79 Å². The molecule has 0 fully saturated rings. The van der Waals surface area contributed by atoms with Crippen molar-refractivity contribution >= 4 is 5.97 Å². The van der Waals surface area contributed by atoms with Gasteiger partial charge < -0.3 is 4.74 Å². The SMILES string of the molecule is CCOC(=O)c1cc2c(nc1CC)CCC(C)C2. The number of hydrogen-bond donors (Lipinski definition) is 0. The Hall–Kier alpha value is -1.38. The highest BCUT2D eigenvalue weighted by molar-refractivity contribution is 5.90. The van der Waals surface area contributed by atoms with E-state index in [1.165, 1.54) is 17.7 Å². The highest BCUT2D eigenvalue weighted by Crippen LogP contribution is 2.26. The van der Waals surface area contributed by atoms with Gasteiger partial charge >= 0.3 is 5.97 Å². The lowest BCUT2D eigenvalue weighted by molar-refractivity contribution is 0.0524. The van der Waals surface area contributed by atoms with E-state index in [0.29, 0.717) is 18.1 Å². The molecule has 0 N–H and O–H groups in total. The highest BCUT2D eigenvalue weighted by Gasteiger charge is 2.21. The van der Waals surface area contributed by atoms with Crippen molar-refractivity contribution in [3.8, 4) is 0 Å². The fourth-order valence-electron chi connectivity index (χ4n) is 2.54. The molecule has 1 unspecified atom stereocenters. The van der Waals surface area contributed by atoms with Crippen LogP contribution in [0.3, 0.4) is 0 Å². The van der Waals surface area contributed by atoms with Gasteiger partial charge in [-0.15, -0.1) is 0 Å². The third-order valence-electron chi connectivity index (χ3n) is 3.54. The maximum Gasteiger partial charge on any atom is 0.339 e. The lowest BCUT2D eigenvalue weighted by Gasteiger charge is -2.22. The van der Waals surface area contributed by atoms with E-state index in [4.69, 9.17) is 4.74 Å². The lowest BCUT2D eigenvalue weighted by atomic mass is 9.86. The topological polar surface area (TPSA) is 39.2 Å². The van der Waals surface area contributed by atoms with Gasteiger partial charge in [0.05, 0.1) is 17.9 Å². The molecule has 1 aromatic rings.